The molecule has 1 amide bonds. The fraction of sp³-hybridized carbons (Fsp3) is 0.316. The first-order valence-corrected chi connectivity index (χ1v) is 10.8. The van der Waals surface area contributed by atoms with Crippen LogP contribution in [0.2, 0.25) is 0 Å². The van der Waals surface area contributed by atoms with Gasteiger partial charge in [-0.15, -0.1) is 0 Å². The van der Waals surface area contributed by atoms with Crippen molar-refractivity contribution in [3.8, 4) is 6.07 Å². The Morgan fingerprint density at radius 3 is 2.35 bits per heavy atom. The van der Waals surface area contributed by atoms with Gasteiger partial charge in [-0.25, -0.2) is 23.1 Å². The Labute approximate surface area is 179 Å². The second-order valence-electron chi connectivity index (χ2n) is 6.69. The number of hydrogen-bond donors (Lipinski definition) is 2. The van der Waals surface area contributed by atoms with Gasteiger partial charge in [0.05, 0.1) is 23.8 Å². The van der Waals surface area contributed by atoms with Gasteiger partial charge in [0.15, 0.2) is 0 Å². The van der Waals surface area contributed by atoms with E-state index < -0.39 is 15.9 Å². The maximum atomic E-state index is 12.6. The number of morpholine rings is 1. The molecule has 31 heavy (non-hydrogen) atoms. The van der Waals surface area contributed by atoms with E-state index in [2.05, 4.69) is 25.2 Å². The van der Waals surface area contributed by atoms with E-state index in [4.69, 9.17) is 4.74 Å². The first-order chi connectivity index (χ1) is 14.8. The Morgan fingerprint density at radius 2 is 1.77 bits per heavy atom. The van der Waals surface area contributed by atoms with E-state index in [0.717, 1.165) is 0 Å². The van der Waals surface area contributed by atoms with Gasteiger partial charge in [0.2, 0.25) is 11.7 Å². The summed E-state index contributed by atoms with van der Waals surface area (Å²) in [7, 11) is -3.89. The highest BCUT2D eigenvalue weighted by Gasteiger charge is 2.22. The summed E-state index contributed by atoms with van der Waals surface area (Å²) < 4.78 is 32.7. The van der Waals surface area contributed by atoms with E-state index in [1.165, 1.54) is 29.2 Å². The highest BCUT2D eigenvalue weighted by Crippen LogP contribution is 2.17. The number of sulfonamides is 1. The number of carbonyl (C=O) groups excluding carboxylic acids is 1. The lowest BCUT2D eigenvalue weighted by molar-refractivity contribution is -0.127. The van der Waals surface area contributed by atoms with Crippen LogP contribution in [0.4, 0.5) is 11.6 Å². The van der Waals surface area contributed by atoms with Crippen LogP contribution in [0, 0.1) is 25.2 Å². The van der Waals surface area contributed by atoms with Crippen molar-refractivity contribution in [2.45, 2.75) is 18.7 Å². The van der Waals surface area contributed by atoms with Crippen LogP contribution in [0.15, 0.2) is 40.3 Å². The molecule has 0 bridgehead atoms. The van der Waals surface area contributed by atoms with Gasteiger partial charge < -0.3 is 9.64 Å². The van der Waals surface area contributed by atoms with E-state index in [1.54, 1.807) is 26.0 Å². The summed E-state index contributed by atoms with van der Waals surface area (Å²) in [6.45, 7) is 5.09. The van der Waals surface area contributed by atoms with E-state index in [-0.39, 0.29) is 16.6 Å². The number of hydrazone groups is 1. The molecule has 1 aliphatic heterocycles. The fourth-order valence-corrected chi connectivity index (χ4v) is 3.76. The van der Waals surface area contributed by atoms with Gasteiger partial charge in [0.1, 0.15) is 6.07 Å². The van der Waals surface area contributed by atoms with Crippen LogP contribution in [0.1, 0.15) is 11.4 Å². The number of anilines is 2. The summed E-state index contributed by atoms with van der Waals surface area (Å²) in [5.41, 5.74) is 4.00. The minimum Gasteiger partial charge on any atom is -0.378 e. The molecule has 0 aliphatic carbocycles. The smallest absolute Gasteiger partial charge is 0.285 e. The lowest BCUT2D eigenvalue weighted by atomic mass is 10.3. The Morgan fingerprint density at radius 1 is 1.16 bits per heavy atom. The number of hydrogen-bond acceptors (Lipinski definition) is 9. The van der Waals surface area contributed by atoms with Crippen LogP contribution < -0.4 is 10.1 Å². The Kier molecular flexibility index (Phi) is 6.78. The zero-order valence-electron chi connectivity index (χ0n) is 17.0. The van der Waals surface area contributed by atoms with Crippen LogP contribution in [-0.4, -0.2) is 61.2 Å². The Bertz CT molecular complexity index is 1110. The molecule has 2 aromatic rings. The first-order valence-electron chi connectivity index (χ1n) is 9.34. The molecule has 1 saturated heterocycles. The molecule has 0 saturated carbocycles. The number of benzene rings is 1. The van der Waals surface area contributed by atoms with Gasteiger partial charge >= 0.3 is 0 Å². The molecule has 1 aromatic heterocycles. The van der Waals surface area contributed by atoms with Crippen molar-refractivity contribution in [2.75, 3.05) is 36.5 Å². The molecule has 1 aromatic carbocycles. The number of ether oxygens (including phenoxy) is 1. The summed E-state index contributed by atoms with van der Waals surface area (Å²) in [6.07, 6.45) is 0. The normalized spacial score (nSPS) is 14.6. The molecule has 0 unspecified atom stereocenters. The monoisotopic (exact) mass is 443 g/mol. The molecule has 3 rings (SSSR count). The average Bonchev–Trinajstić information content (AvgIpc) is 2.74. The van der Waals surface area contributed by atoms with Gasteiger partial charge in [-0.3, -0.25) is 10.2 Å². The lowest BCUT2D eigenvalue weighted by Gasteiger charge is -2.25. The number of nitrogens with zero attached hydrogens (tertiary/aromatic N) is 5. The van der Waals surface area contributed by atoms with Gasteiger partial charge in [-0.1, -0.05) is 0 Å². The minimum absolute atomic E-state index is 0.00492. The summed E-state index contributed by atoms with van der Waals surface area (Å²) in [6, 6.07) is 9.16. The van der Waals surface area contributed by atoms with Crippen molar-refractivity contribution in [3.63, 3.8) is 0 Å². The van der Waals surface area contributed by atoms with Crippen molar-refractivity contribution < 1.29 is 17.9 Å². The van der Waals surface area contributed by atoms with E-state index in [9.17, 15) is 18.5 Å². The van der Waals surface area contributed by atoms with E-state index in [0.29, 0.717) is 43.4 Å². The maximum absolute atomic E-state index is 12.6. The second-order valence-corrected chi connectivity index (χ2v) is 8.38. The third-order valence-electron chi connectivity index (χ3n) is 4.28. The predicted molar refractivity (Wildman–Crippen MR) is 113 cm³/mol. The fourth-order valence-electron chi connectivity index (χ4n) is 2.82. The molecule has 162 valence electrons. The molecular weight excluding hydrogens is 422 g/mol. The van der Waals surface area contributed by atoms with Crippen LogP contribution in [-0.2, 0) is 19.6 Å². The number of amides is 1. The molecule has 1 aliphatic rings. The zero-order chi connectivity index (χ0) is 22.4. The predicted octanol–water partition coefficient (Wildman–Crippen LogP) is 1.04. The van der Waals surface area contributed by atoms with Gasteiger partial charge in [-0.2, -0.15) is 10.4 Å². The van der Waals surface area contributed by atoms with Crippen molar-refractivity contribution in [1.82, 2.24) is 14.9 Å². The van der Waals surface area contributed by atoms with Gasteiger partial charge in [-0.05, 0) is 44.2 Å². The third kappa shape index (κ3) is 5.74. The van der Waals surface area contributed by atoms with Crippen LogP contribution in [0.3, 0.4) is 0 Å². The first kappa shape index (κ1) is 22.1. The Hall–Kier alpha value is -3.56. The number of nitrogens with one attached hydrogen (secondary N) is 2. The molecule has 2 heterocycles. The van der Waals surface area contributed by atoms with E-state index in [1.807, 2.05) is 0 Å². The van der Waals surface area contributed by atoms with Crippen LogP contribution in [0.25, 0.3) is 0 Å². The summed E-state index contributed by atoms with van der Waals surface area (Å²) in [5.74, 6) is -0.500. The van der Waals surface area contributed by atoms with Crippen molar-refractivity contribution >= 4 is 33.3 Å². The topological polar surface area (TPSA) is 150 Å². The van der Waals surface area contributed by atoms with Gasteiger partial charge in [0.25, 0.3) is 15.9 Å². The Balaban J connectivity index is 1.69. The van der Waals surface area contributed by atoms with Crippen molar-refractivity contribution in [3.05, 3.63) is 41.7 Å². The highest BCUT2D eigenvalue weighted by molar-refractivity contribution is 7.92. The number of rotatable bonds is 6. The lowest BCUT2D eigenvalue weighted by Crippen LogP contribution is -2.44. The molecule has 12 heteroatoms. The quantitative estimate of drug-likeness (QED) is 0.497. The molecule has 0 atom stereocenters. The molecular formula is C19H21N7O4S. The number of carbonyl (C=O) groups is 1. The summed E-state index contributed by atoms with van der Waals surface area (Å²) in [4.78, 5) is 22.0. The van der Waals surface area contributed by atoms with E-state index >= 15 is 0 Å². The average molecular weight is 443 g/mol. The SMILES string of the molecule is Cc1cc(C)nc(NS(=O)(=O)c2ccc(N/N=C(\C#N)C(=O)N3CCOCC3)cc2)n1. The maximum Gasteiger partial charge on any atom is 0.285 e. The number of aryl methyl sites for hydroxylation is 2. The van der Waals surface area contributed by atoms with Crippen molar-refractivity contribution in [1.29, 1.82) is 5.26 Å². The van der Waals surface area contributed by atoms with Crippen LogP contribution >= 0.6 is 0 Å². The molecule has 2 N–H and O–H groups in total. The number of aromatic nitrogens is 2. The molecule has 1 fully saturated rings. The van der Waals surface area contributed by atoms with Crippen LogP contribution in [0.5, 0.6) is 0 Å². The second kappa shape index (κ2) is 9.50. The molecule has 0 spiro atoms. The van der Waals surface area contributed by atoms with Crippen molar-refractivity contribution in [2.24, 2.45) is 5.10 Å². The standard InChI is InChI=1S/C19H21N7O4S/c1-13-11-14(2)22-19(21-13)25-31(28,29)16-5-3-15(4-6-16)23-24-17(12-20)18(27)26-7-9-30-10-8-26/h3-6,11,23H,7-10H2,1-2H3,(H,21,22,25)/b24-17+. The molecule has 11 nitrogen and oxygen atoms in total. The molecule has 0 radical (unpaired) electrons. The zero-order valence-corrected chi connectivity index (χ0v) is 17.8. The van der Waals surface area contributed by atoms with Gasteiger partial charge in [0, 0.05) is 24.5 Å². The summed E-state index contributed by atoms with van der Waals surface area (Å²) >= 11 is 0. The summed E-state index contributed by atoms with van der Waals surface area (Å²) in [5, 5.41) is 13.1. The minimum atomic E-state index is -3.89. The highest BCUT2D eigenvalue weighted by atomic mass is 32.2. The largest absolute Gasteiger partial charge is 0.378 e. The third-order valence-corrected chi connectivity index (χ3v) is 5.62. The number of nitriles is 1.